The molecule has 1 aromatic heterocycles. The number of nitrogens with zero attached hydrogens (tertiary/aromatic N) is 2. The zero-order chi connectivity index (χ0) is 14.8. The smallest absolute Gasteiger partial charge is 0.271 e. The number of rotatable bonds is 3. The van der Waals surface area contributed by atoms with Gasteiger partial charge < -0.3 is 4.74 Å². The Hall–Kier alpha value is -2.66. The van der Waals surface area contributed by atoms with Crippen LogP contribution in [0.25, 0.3) is 10.8 Å². The third-order valence-corrected chi connectivity index (χ3v) is 3.29. The fraction of sp³-hybridized carbons (Fsp3) is 0. The highest BCUT2D eigenvalue weighted by atomic mass is 35.5. The molecule has 0 spiro atoms. The summed E-state index contributed by atoms with van der Waals surface area (Å²) in [6.45, 7) is 0. The molecule has 0 saturated heterocycles. The molecule has 0 N–H and O–H groups in total. The molecule has 0 saturated carbocycles. The normalized spacial score (nSPS) is 10.5. The maximum atomic E-state index is 10.7. The molecule has 0 bridgehead atoms. The molecular formula is C15H9ClN2O3. The monoisotopic (exact) mass is 300 g/mol. The highest BCUT2D eigenvalue weighted by molar-refractivity contribution is 6.32. The zero-order valence-electron chi connectivity index (χ0n) is 10.7. The number of benzene rings is 2. The lowest BCUT2D eigenvalue weighted by Crippen LogP contribution is -1.90. The largest absolute Gasteiger partial charge is 0.455 e. The quantitative estimate of drug-likeness (QED) is 0.524. The maximum absolute atomic E-state index is 10.7. The number of nitro groups is 1. The fourth-order valence-electron chi connectivity index (χ4n) is 1.98. The van der Waals surface area contributed by atoms with Gasteiger partial charge in [0.1, 0.15) is 11.5 Å². The Labute approximate surface area is 124 Å². The van der Waals surface area contributed by atoms with Crippen LogP contribution in [0.4, 0.5) is 5.69 Å². The number of halogens is 1. The Morgan fingerprint density at radius 1 is 1.14 bits per heavy atom. The minimum absolute atomic E-state index is 0.0769. The van der Waals surface area contributed by atoms with E-state index in [1.807, 2.05) is 18.2 Å². The average Bonchev–Trinajstić information content (AvgIpc) is 2.49. The predicted octanol–water partition coefficient (Wildman–Crippen LogP) is 4.59. The molecule has 0 radical (unpaired) electrons. The van der Waals surface area contributed by atoms with Crippen LogP contribution in [0.2, 0.25) is 5.02 Å². The molecule has 0 atom stereocenters. The van der Waals surface area contributed by atoms with E-state index in [-0.39, 0.29) is 10.7 Å². The first-order valence-corrected chi connectivity index (χ1v) is 6.47. The van der Waals surface area contributed by atoms with Gasteiger partial charge in [0.05, 0.1) is 9.95 Å². The second-order valence-electron chi connectivity index (χ2n) is 4.33. The summed E-state index contributed by atoms with van der Waals surface area (Å²) < 4.78 is 5.76. The molecule has 0 fully saturated rings. The van der Waals surface area contributed by atoms with Gasteiger partial charge in [-0.3, -0.25) is 15.1 Å². The van der Waals surface area contributed by atoms with E-state index < -0.39 is 4.92 Å². The predicted molar refractivity (Wildman–Crippen MR) is 79.9 cm³/mol. The van der Waals surface area contributed by atoms with Crippen molar-refractivity contribution in [1.29, 1.82) is 0 Å². The van der Waals surface area contributed by atoms with E-state index in [0.29, 0.717) is 11.5 Å². The molecule has 21 heavy (non-hydrogen) atoms. The van der Waals surface area contributed by atoms with Crippen LogP contribution in [0, 0.1) is 10.1 Å². The van der Waals surface area contributed by atoms with Gasteiger partial charge in [-0.1, -0.05) is 23.7 Å². The first-order chi connectivity index (χ1) is 10.1. The van der Waals surface area contributed by atoms with Crippen molar-refractivity contribution in [1.82, 2.24) is 4.98 Å². The number of hydrogen-bond acceptors (Lipinski definition) is 4. The molecule has 1 heterocycles. The number of fused-ring (bicyclic) bond motifs is 1. The van der Waals surface area contributed by atoms with Crippen LogP contribution in [0.15, 0.2) is 54.9 Å². The molecule has 0 unspecified atom stereocenters. The van der Waals surface area contributed by atoms with Gasteiger partial charge in [0.25, 0.3) is 5.69 Å². The molecule has 3 rings (SSSR count). The van der Waals surface area contributed by atoms with Crippen molar-refractivity contribution >= 4 is 28.1 Å². The van der Waals surface area contributed by atoms with Gasteiger partial charge in [-0.2, -0.15) is 0 Å². The molecule has 6 heteroatoms. The van der Waals surface area contributed by atoms with Gasteiger partial charge in [0.15, 0.2) is 0 Å². The van der Waals surface area contributed by atoms with Gasteiger partial charge in [0.2, 0.25) is 0 Å². The van der Waals surface area contributed by atoms with E-state index >= 15 is 0 Å². The van der Waals surface area contributed by atoms with E-state index in [9.17, 15) is 10.1 Å². The van der Waals surface area contributed by atoms with Crippen molar-refractivity contribution in [2.75, 3.05) is 0 Å². The Morgan fingerprint density at radius 3 is 2.76 bits per heavy atom. The van der Waals surface area contributed by atoms with Crippen molar-refractivity contribution < 1.29 is 9.66 Å². The number of non-ortho nitro benzene ring substituents is 1. The second-order valence-corrected chi connectivity index (χ2v) is 4.73. The van der Waals surface area contributed by atoms with Crippen molar-refractivity contribution in [3.8, 4) is 11.5 Å². The van der Waals surface area contributed by atoms with Gasteiger partial charge in [-0.15, -0.1) is 0 Å². The third kappa shape index (κ3) is 2.64. The van der Waals surface area contributed by atoms with Gasteiger partial charge in [0, 0.05) is 29.9 Å². The lowest BCUT2D eigenvalue weighted by molar-refractivity contribution is -0.384. The summed E-state index contributed by atoms with van der Waals surface area (Å²) in [7, 11) is 0. The summed E-state index contributed by atoms with van der Waals surface area (Å²) in [5.41, 5.74) is -0.0769. The molecule has 0 aliphatic carbocycles. The summed E-state index contributed by atoms with van der Waals surface area (Å²) in [5.74, 6) is 0.954. The Balaban J connectivity index is 2.01. The summed E-state index contributed by atoms with van der Waals surface area (Å²) in [6, 6.07) is 11.6. The number of pyridine rings is 1. The van der Waals surface area contributed by atoms with Crippen molar-refractivity contribution in [2.24, 2.45) is 0 Å². The Morgan fingerprint density at radius 2 is 2.00 bits per heavy atom. The van der Waals surface area contributed by atoms with Crippen molar-refractivity contribution in [3.63, 3.8) is 0 Å². The summed E-state index contributed by atoms with van der Waals surface area (Å²) in [5, 5.41) is 12.7. The van der Waals surface area contributed by atoms with Crippen LogP contribution in [0.5, 0.6) is 11.5 Å². The Kier molecular flexibility index (Phi) is 3.41. The van der Waals surface area contributed by atoms with E-state index in [1.54, 1.807) is 18.5 Å². The van der Waals surface area contributed by atoms with Crippen LogP contribution in [0.1, 0.15) is 0 Å². The highest BCUT2D eigenvalue weighted by Gasteiger charge is 2.12. The first-order valence-electron chi connectivity index (χ1n) is 6.10. The number of ether oxygens (including phenoxy) is 1. The van der Waals surface area contributed by atoms with Gasteiger partial charge in [-0.05, 0) is 23.6 Å². The minimum Gasteiger partial charge on any atom is -0.455 e. The highest BCUT2D eigenvalue weighted by Crippen LogP contribution is 2.35. The minimum atomic E-state index is -0.502. The first kappa shape index (κ1) is 13.3. The number of nitro benzene ring substituents is 1. The summed E-state index contributed by atoms with van der Waals surface area (Å²) >= 11 is 6.03. The third-order valence-electron chi connectivity index (χ3n) is 2.99. The van der Waals surface area contributed by atoms with Crippen molar-refractivity contribution in [3.05, 3.63) is 70.0 Å². The lowest BCUT2D eigenvalue weighted by Gasteiger charge is -2.09. The summed E-state index contributed by atoms with van der Waals surface area (Å²) in [4.78, 5) is 14.3. The molecule has 3 aromatic rings. The van der Waals surface area contributed by atoms with E-state index in [4.69, 9.17) is 16.3 Å². The average molecular weight is 301 g/mol. The van der Waals surface area contributed by atoms with Crippen LogP contribution in [-0.2, 0) is 0 Å². The van der Waals surface area contributed by atoms with Crippen LogP contribution < -0.4 is 4.74 Å². The molecule has 2 aromatic carbocycles. The molecule has 104 valence electrons. The van der Waals surface area contributed by atoms with Crippen molar-refractivity contribution in [2.45, 2.75) is 0 Å². The second kappa shape index (κ2) is 5.38. The van der Waals surface area contributed by atoms with E-state index in [0.717, 1.165) is 10.8 Å². The zero-order valence-corrected chi connectivity index (χ0v) is 11.4. The van der Waals surface area contributed by atoms with E-state index in [2.05, 4.69) is 4.98 Å². The summed E-state index contributed by atoms with van der Waals surface area (Å²) in [6.07, 6.45) is 3.40. The van der Waals surface area contributed by atoms with Gasteiger partial charge >= 0.3 is 0 Å². The Bertz CT molecular complexity index is 831. The molecule has 0 aliphatic heterocycles. The number of aromatic nitrogens is 1. The van der Waals surface area contributed by atoms with E-state index in [1.165, 1.54) is 18.2 Å². The molecule has 5 nitrogen and oxygen atoms in total. The SMILES string of the molecule is O=[N+]([O-])c1ccc(Oc2cccc3ccncc23)c(Cl)c1. The lowest BCUT2D eigenvalue weighted by atomic mass is 10.1. The topological polar surface area (TPSA) is 65.3 Å². The molecule has 0 aliphatic rings. The molecule has 0 amide bonds. The van der Waals surface area contributed by atoms with Crippen LogP contribution in [0.3, 0.4) is 0 Å². The van der Waals surface area contributed by atoms with Crippen LogP contribution >= 0.6 is 11.6 Å². The molecular weight excluding hydrogens is 292 g/mol. The number of hydrogen-bond donors (Lipinski definition) is 0. The van der Waals surface area contributed by atoms with Crippen LogP contribution in [-0.4, -0.2) is 9.91 Å². The fourth-order valence-corrected chi connectivity index (χ4v) is 2.19. The van der Waals surface area contributed by atoms with Gasteiger partial charge in [-0.25, -0.2) is 0 Å². The standard InChI is InChI=1S/C15H9ClN2O3/c16-13-8-11(18(19)20)4-5-15(13)21-14-3-1-2-10-6-7-17-9-12(10)14/h1-9H. The maximum Gasteiger partial charge on any atom is 0.271 e.